The van der Waals surface area contributed by atoms with Crippen LogP contribution in [0.3, 0.4) is 0 Å². The Kier molecular flexibility index (Phi) is 8.56. The summed E-state index contributed by atoms with van der Waals surface area (Å²) in [6, 6.07) is 11.8. The quantitative estimate of drug-likeness (QED) is 0.104. The van der Waals surface area contributed by atoms with E-state index in [1.165, 1.54) is 28.9 Å². The van der Waals surface area contributed by atoms with Crippen LogP contribution in [0.1, 0.15) is 5.69 Å². The van der Waals surface area contributed by atoms with Crippen molar-refractivity contribution >= 4 is 43.8 Å². The molecule has 0 amide bonds. The summed E-state index contributed by atoms with van der Waals surface area (Å²) in [5.74, 6) is -0.852. The first-order valence-electron chi connectivity index (χ1n) is 9.40. The zero-order valence-corrected chi connectivity index (χ0v) is 20.2. The zero-order valence-electron chi connectivity index (χ0n) is 17.7. The molecule has 0 aliphatic heterocycles. The average Bonchev–Trinajstić information content (AvgIpc) is 3.09. The van der Waals surface area contributed by atoms with Gasteiger partial charge in [-0.3, -0.25) is 4.55 Å². The molecular weight excluding hydrogens is 528 g/mol. The second-order valence-electron chi connectivity index (χ2n) is 6.65. The Morgan fingerprint density at radius 1 is 1.03 bits per heavy atom. The van der Waals surface area contributed by atoms with Gasteiger partial charge >= 0.3 is 10.4 Å². The minimum atomic E-state index is -4.74. The summed E-state index contributed by atoms with van der Waals surface area (Å²) in [6.45, 7) is 0.833. The van der Waals surface area contributed by atoms with Crippen molar-refractivity contribution in [3.05, 3.63) is 54.2 Å². The molecule has 17 heteroatoms. The largest absolute Gasteiger partial charge is 0.503 e. The molecule has 0 aliphatic carbocycles. The minimum Gasteiger partial charge on any atom is -0.503 e. The first-order valence-corrected chi connectivity index (χ1v) is 13.2. The molecule has 0 bridgehead atoms. The van der Waals surface area contributed by atoms with Crippen molar-refractivity contribution in [3.63, 3.8) is 0 Å². The molecule has 14 nitrogen and oxygen atoms in total. The van der Waals surface area contributed by atoms with Crippen LogP contribution in [0.15, 0.2) is 68.6 Å². The van der Waals surface area contributed by atoms with Crippen LogP contribution in [0, 0.1) is 6.92 Å². The molecule has 3 aromatic rings. The van der Waals surface area contributed by atoms with Crippen LogP contribution in [0.2, 0.25) is 0 Å². The Labute approximate surface area is 203 Å². The van der Waals surface area contributed by atoms with Gasteiger partial charge < -0.3 is 5.11 Å². The molecule has 3 rings (SSSR count). The molecule has 0 aliphatic rings. The number of aromatic hydroxyl groups is 1. The third-order valence-electron chi connectivity index (χ3n) is 4.29. The smallest absolute Gasteiger partial charge is 0.397 e. The summed E-state index contributed by atoms with van der Waals surface area (Å²) in [7, 11) is -8.62. The molecule has 0 unspecified atom stereocenters. The molecular formula is C18H18N4O10S3. The second kappa shape index (κ2) is 11.2. The van der Waals surface area contributed by atoms with E-state index in [-0.39, 0.29) is 22.2 Å². The van der Waals surface area contributed by atoms with E-state index in [4.69, 9.17) is 9.81 Å². The SMILES string of the molecule is Cc1nn(-c2ccc(SOOO)cc2)c(N=Nc2ccc(S(=O)(=O)CCOS(=O)(=O)O)cc2)c1O. The van der Waals surface area contributed by atoms with Gasteiger partial charge in [0.1, 0.15) is 5.69 Å². The van der Waals surface area contributed by atoms with Crippen molar-refractivity contribution in [1.29, 1.82) is 0 Å². The van der Waals surface area contributed by atoms with Crippen LogP contribution < -0.4 is 0 Å². The normalized spacial score (nSPS) is 12.4. The highest BCUT2D eigenvalue weighted by Gasteiger charge is 2.18. The number of sulfone groups is 1. The van der Waals surface area contributed by atoms with Crippen LogP contribution in [-0.2, 0) is 33.8 Å². The van der Waals surface area contributed by atoms with Crippen molar-refractivity contribution in [2.75, 3.05) is 12.4 Å². The number of hydrogen-bond donors (Lipinski definition) is 3. The number of rotatable bonds is 11. The number of nitrogens with zero attached hydrogens (tertiary/aromatic N) is 4. The van der Waals surface area contributed by atoms with Crippen LogP contribution in [-0.4, -0.2) is 53.9 Å². The third-order valence-corrected chi connectivity index (χ3v) is 7.04. The zero-order chi connectivity index (χ0) is 25.6. The first-order chi connectivity index (χ1) is 16.5. The van der Waals surface area contributed by atoms with E-state index in [0.717, 1.165) is 12.0 Å². The summed E-state index contributed by atoms with van der Waals surface area (Å²) in [5.41, 5.74) is 1.09. The predicted octanol–water partition coefficient (Wildman–Crippen LogP) is 3.32. The lowest BCUT2D eigenvalue weighted by atomic mass is 10.3. The summed E-state index contributed by atoms with van der Waals surface area (Å²) in [5, 5.41) is 34.4. The Morgan fingerprint density at radius 2 is 1.69 bits per heavy atom. The monoisotopic (exact) mass is 546 g/mol. The highest BCUT2D eigenvalue weighted by molar-refractivity contribution is 7.94. The molecule has 35 heavy (non-hydrogen) atoms. The number of benzene rings is 2. The maximum absolute atomic E-state index is 12.3. The summed E-state index contributed by atoms with van der Waals surface area (Å²) in [6.07, 6.45) is 0. The van der Waals surface area contributed by atoms with Crippen molar-refractivity contribution in [2.45, 2.75) is 16.7 Å². The maximum Gasteiger partial charge on any atom is 0.397 e. The van der Waals surface area contributed by atoms with Crippen LogP contribution >= 0.6 is 12.0 Å². The Morgan fingerprint density at radius 3 is 2.29 bits per heavy atom. The fourth-order valence-electron chi connectivity index (χ4n) is 2.67. The lowest BCUT2D eigenvalue weighted by Crippen LogP contribution is -2.15. The number of aryl methyl sites for hydroxylation is 1. The van der Waals surface area contributed by atoms with Gasteiger partial charge in [0.05, 0.1) is 40.7 Å². The topological polar surface area (TPSA) is 199 Å². The van der Waals surface area contributed by atoms with Gasteiger partial charge in [-0.15, -0.1) is 14.6 Å². The fraction of sp³-hybridized carbons (Fsp3) is 0.167. The van der Waals surface area contributed by atoms with Gasteiger partial charge in [-0.1, -0.05) is 5.04 Å². The second-order valence-corrected chi connectivity index (χ2v) is 10.6. The van der Waals surface area contributed by atoms with Crippen molar-refractivity contribution in [3.8, 4) is 11.4 Å². The predicted molar refractivity (Wildman–Crippen MR) is 121 cm³/mol. The van der Waals surface area contributed by atoms with Gasteiger partial charge in [-0.25, -0.2) is 22.5 Å². The van der Waals surface area contributed by atoms with E-state index >= 15 is 0 Å². The highest BCUT2D eigenvalue weighted by Crippen LogP contribution is 2.34. The standard InChI is InChI=1S/C18H18N4O10S3/c1-12-17(23)18(22(21-12)14-4-6-15(7-5-14)33-32-31-24)20-19-13-2-8-16(9-3-13)34(25,26)11-10-30-35(27,28)29/h2-9,23-24H,10-11H2,1H3,(H,27,28,29). The molecule has 0 fully saturated rings. The fourth-order valence-corrected chi connectivity index (χ4v) is 4.51. The summed E-state index contributed by atoms with van der Waals surface area (Å²) >= 11 is 0.772. The minimum absolute atomic E-state index is 0.0249. The van der Waals surface area contributed by atoms with E-state index in [1.54, 1.807) is 31.2 Å². The van der Waals surface area contributed by atoms with E-state index in [2.05, 4.69) is 28.9 Å². The van der Waals surface area contributed by atoms with Gasteiger partial charge in [-0.05, 0) is 55.5 Å². The van der Waals surface area contributed by atoms with Gasteiger partial charge in [0, 0.05) is 4.90 Å². The Hall–Kier alpha value is -2.90. The van der Waals surface area contributed by atoms with E-state index in [0.29, 0.717) is 16.3 Å². The molecule has 0 spiro atoms. The molecule has 1 aromatic heterocycles. The lowest BCUT2D eigenvalue weighted by molar-refractivity contribution is -0.432. The molecule has 3 N–H and O–H groups in total. The molecule has 1 heterocycles. The van der Waals surface area contributed by atoms with Gasteiger partial charge in [0.15, 0.2) is 15.6 Å². The lowest BCUT2D eigenvalue weighted by Gasteiger charge is -2.05. The Balaban J connectivity index is 1.78. The highest BCUT2D eigenvalue weighted by atomic mass is 32.3. The van der Waals surface area contributed by atoms with Crippen LogP contribution in [0.5, 0.6) is 5.75 Å². The van der Waals surface area contributed by atoms with Crippen LogP contribution in [0.25, 0.3) is 5.69 Å². The molecule has 0 saturated heterocycles. The van der Waals surface area contributed by atoms with Crippen molar-refractivity contribution in [2.24, 2.45) is 10.2 Å². The number of aromatic nitrogens is 2. The van der Waals surface area contributed by atoms with Gasteiger partial charge in [-0.2, -0.15) is 13.5 Å². The van der Waals surface area contributed by atoms with Gasteiger partial charge in [0.2, 0.25) is 5.82 Å². The summed E-state index contributed by atoms with van der Waals surface area (Å²) < 4.78 is 63.9. The van der Waals surface area contributed by atoms with Crippen molar-refractivity contribution < 1.29 is 45.3 Å². The molecule has 0 radical (unpaired) electrons. The van der Waals surface area contributed by atoms with E-state index in [9.17, 15) is 21.9 Å². The summed E-state index contributed by atoms with van der Waals surface area (Å²) in [4.78, 5) is 0.492. The molecule has 0 atom stereocenters. The third kappa shape index (κ3) is 7.29. The van der Waals surface area contributed by atoms with Gasteiger partial charge in [0.25, 0.3) is 0 Å². The number of azo groups is 1. The van der Waals surface area contributed by atoms with Crippen LogP contribution in [0.4, 0.5) is 11.5 Å². The average molecular weight is 547 g/mol. The van der Waals surface area contributed by atoms with E-state index < -0.39 is 32.6 Å². The molecule has 188 valence electrons. The van der Waals surface area contributed by atoms with Crippen molar-refractivity contribution in [1.82, 2.24) is 9.78 Å². The molecule has 0 saturated carbocycles. The van der Waals surface area contributed by atoms with E-state index in [1.807, 2.05) is 0 Å². The first kappa shape index (κ1) is 26.7. The number of hydrogen-bond acceptors (Lipinski definition) is 13. The maximum atomic E-state index is 12.3. The Bertz CT molecular complexity index is 1400. The molecule has 2 aromatic carbocycles.